The second kappa shape index (κ2) is 7.60. The van der Waals surface area contributed by atoms with E-state index in [1.165, 1.54) is 11.1 Å². The molecule has 2 aromatic rings. The Morgan fingerprint density at radius 3 is 2.32 bits per heavy atom. The van der Waals surface area contributed by atoms with E-state index in [1.54, 1.807) is 6.92 Å². The molecule has 1 saturated carbocycles. The van der Waals surface area contributed by atoms with Gasteiger partial charge in [0, 0.05) is 6.42 Å². The van der Waals surface area contributed by atoms with Crippen LogP contribution in [0.2, 0.25) is 0 Å². The number of ketones is 2. The third-order valence-corrected chi connectivity index (χ3v) is 5.26. The Labute approximate surface area is 149 Å². The fourth-order valence-corrected chi connectivity index (χ4v) is 3.64. The Balaban J connectivity index is 1.71. The number of carbonyl (C=O) groups is 2. The third-order valence-electron chi connectivity index (χ3n) is 5.26. The lowest BCUT2D eigenvalue weighted by molar-refractivity contribution is -0.141. The van der Waals surface area contributed by atoms with Gasteiger partial charge in [0.05, 0.1) is 5.41 Å². The highest BCUT2D eigenvalue weighted by molar-refractivity contribution is 6.06. The summed E-state index contributed by atoms with van der Waals surface area (Å²) in [4.78, 5) is 24.5. The lowest BCUT2D eigenvalue weighted by atomic mass is 9.68. The fourth-order valence-electron chi connectivity index (χ4n) is 3.64. The molecule has 1 atom stereocenters. The summed E-state index contributed by atoms with van der Waals surface area (Å²) in [6.07, 6.45) is 7.63. The molecule has 1 aliphatic rings. The molecule has 2 heteroatoms. The van der Waals surface area contributed by atoms with Crippen LogP contribution in [0.15, 0.2) is 60.7 Å². The summed E-state index contributed by atoms with van der Waals surface area (Å²) in [5.41, 5.74) is 2.68. The average molecular weight is 332 g/mol. The van der Waals surface area contributed by atoms with Crippen molar-refractivity contribution < 1.29 is 9.59 Å². The minimum atomic E-state index is -0.779. The van der Waals surface area contributed by atoms with E-state index in [0.717, 1.165) is 18.4 Å². The normalized spacial score (nSPS) is 20.8. The first-order chi connectivity index (χ1) is 12.1. The first kappa shape index (κ1) is 17.3. The van der Waals surface area contributed by atoms with Crippen LogP contribution in [0.5, 0.6) is 0 Å². The first-order valence-electron chi connectivity index (χ1n) is 8.98. The zero-order chi connectivity index (χ0) is 17.7. The number of hydrogen-bond donors (Lipinski definition) is 0. The van der Waals surface area contributed by atoms with Crippen LogP contribution in [0.1, 0.15) is 44.6 Å². The van der Waals surface area contributed by atoms with Gasteiger partial charge in [-0.05, 0) is 42.9 Å². The van der Waals surface area contributed by atoms with Crippen LogP contribution in [0.4, 0.5) is 0 Å². The summed E-state index contributed by atoms with van der Waals surface area (Å²) in [6.45, 7) is 1.56. The Bertz CT molecular complexity index is 771. The van der Waals surface area contributed by atoms with E-state index in [1.807, 2.05) is 30.4 Å². The van der Waals surface area contributed by atoms with Gasteiger partial charge in [0.15, 0.2) is 0 Å². The summed E-state index contributed by atoms with van der Waals surface area (Å²) in [7, 11) is 0. The number of allylic oxidation sites excluding steroid dienone is 1. The molecule has 0 aliphatic heterocycles. The molecule has 3 rings (SSSR count). The average Bonchev–Trinajstić information content (AvgIpc) is 2.64. The molecule has 2 nitrogen and oxygen atoms in total. The molecular formula is C23H24O2. The number of benzene rings is 2. The number of hydrogen-bond acceptors (Lipinski definition) is 2. The van der Waals surface area contributed by atoms with E-state index in [0.29, 0.717) is 19.3 Å². The Hall–Kier alpha value is -2.48. The van der Waals surface area contributed by atoms with Gasteiger partial charge in [0.2, 0.25) is 0 Å². The van der Waals surface area contributed by atoms with Crippen LogP contribution in [-0.4, -0.2) is 11.6 Å². The van der Waals surface area contributed by atoms with Gasteiger partial charge in [-0.3, -0.25) is 9.59 Å². The molecule has 0 aromatic heterocycles. The maximum Gasteiger partial charge on any atom is 0.146 e. The van der Waals surface area contributed by atoms with Crippen LogP contribution in [0.25, 0.3) is 17.2 Å². The van der Waals surface area contributed by atoms with E-state index < -0.39 is 5.41 Å². The van der Waals surface area contributed by atoms with Crippen LogP contribution in [-0.2, 0) is 9.59 Å². The quantitative estimate of drug-likeness (QED) is 0.680. The maximum absolute atomic E-state index is 12.3. The highest BCUT2D eigenvalue weighted by Gasteiger charge is 2.42. The third kappa shape index (κ3) is 3.79. The van der Waals surface area contributed by atoms with Crippen LogP contribution < -0.4 is 0 Å². The zero-order valence-corrected chi connectivity index (χ0v) is 14.7. The van der Waals surface area contributed by atoms with Crippen molar-refractivity contribution in [1.82, 2.24) is 0 Å². The molecular weight excluding hydrogens is 308 g/mol. The minimum absolute atomic E-state index is 0.0151. The van der Waals surface area contributed by atoms with Crippen molar-refractivity contribution in [2.24, 2.45) is 5.41 Å². The molecule has 0 radical (unpaired) electrons. The smallest absolute Gasteiger partial charge is 0.146 e. The largest absolute Gasteiger partial charge is 0.299 e. The van der Waals surface area contributed by atoms with Crippen molar-refractivity contribution in [3.63, 3.8) is 0 Å². The molecule has 1 fully saturated rings. The summed E-state index contributed by atoms with van der Waals surface area (Å²) < 4.78 is 0. The summed E-state index contributed by atoms with van der Waals surface area (Å²) in [6, 6.07) is 18.6. The predicted molar refractivity (Wildman–Crippen MR) is 102 cm³/mol. The molecule has 0 saturated heterocycles. The van der Waals surface area contributed by atoms with Crippen molar-refractivity contribution in [2.45, 2.75) is 39.0 Å². The lowest BCUT2D eigenvalue weighted by Gasteiger charge is -2.32. The molecule has 1 unspecified atom stereocenters. The van der Waals surface area contributed by atoms with E-state index in [2.05, 4.69) is 36.4 Å². The topological polar surface area (TPSA) is 34.1 Å². The second-order valence-electron chi connectivity index (χ2n) is 6.86. The van der Waals surface area contributed by atoms with Gasteiger partial charge in [-0.25, -0.2) is 0 Å². The maximum atomic E-state index is 12.3. The van der Waals surface area contributed by atoms with Gasteiger partial charge in [-0.2, -0.15) is 0 Å². The Kier molecular flexibility index (Phi) is 5.28. The standard InChI is InChI=1S/C23H24O2/c1-18(24)23(16-6-5-11-22(23)25)17-7-8-19-12-14-21(15-13-19)20-9-3-2-4-10-20/h2-4,7-10,12-15H,5-6,11,16-17H2,1H3/b8-7+. The summed E-state index contributed by atoms with van der Waals surface area (Å²) >= 11 is 0. The molecule has 0 amide bonds. The Morgan fingerprint density at radius 2 is 1.68 bits per heavy atom. The molecule has 0 spiro atoms. The molecule has 1 aliphatic carbocycles. The number of rotatable bonds is 5. The van der Waals surface area contributed by atoms with Crippen molar-refractivity contribution >= 4 is 17.6 Å². The van der Waals surface area contributed by atoms with Crippen molar-refractivity contribution in [3.8, 4) is 11.1 Å². The molecule has 0 bridgehead atoms. The predicted octanol–water partition coefficient (Wildman–Crippen LogP) is 5.48. The van der Waals surface area contributed by atoms with Crippen LogP contribution in [0, 0.1) is 5.41 Å². The minimum Gasteiger partial charge on any atom is -0.299 e. The fraction of sp³-hybridized carbons (Fsp3) is 0.304. The number of carbonyl (C=O) groups excluding carboxylic acids is 2. The van der Waals surface area contributed by atoms with Crippen molar-refractivity contribution in [3.05, 3.63) is 66.2 Å². The van der Waals surface area contributed by atoms with Gasteiger partial charge in [-0.15, -0.1) is 0 Å². The van der Waals surface area contributed by atoms with Crippen LogP contribution in [0.3, 0.4) is 0 Å². The molecule has 0 N–H and O–H groups in total. The van der Waals surface area contributed by atoms with Gasteiger partial charge in [0.1, 0.15) is 11.6 Å². The monoisotopic (exact) mass is 332 g/mol. The molecule has 128 valence electrons. The van der Waals surface area contributed by atoms with Crippen molar-refractivity contribution in [2.75, 3.05) is 0 Å². The van der Waals surface area contributed by atoms with E-state index in [-0.39, 0.29) is 11.6 Å². The SMILES string of the molecule is CC(=O)C1(C/C=C/c2ccc(-c3ccccc3)cc2)CCCCC1=O. The van der Waals surface area contributed by atoms with Crippen molar-refractivity contribution in [1.29, 1.82) is 0 Å². The van der Waals surface area contributed by atoms with E-state index in [9.17, 15) is 9.59 Å². The lowest BCUT2D eigenvalue weighted by Crippen LogP contribution is -2.40. The van der Waals surface area contributed by atoms with E-state index >= 15 is 0 Å². The van der Waals surface area contributed by atoms with Gasteiger partial charge in [0.25, 0.3) is 0 Å². The summed E-state index contributed by atoms with van der Waals surface area (Å²) in [5, 5.41) is 0. The van der Waals surface area contributed by atoms with Gasteiger partial charge in [-0.1, -0.05) is 73.2 Å². The Morgan fingerprint density at radius 1 is 1.00 bits per heavy atom. The molecule has 25 heavy (non-hydrogen) atoms. The molecule has 2 aromatic carbocycles. The highest BCUT2D eigenvalue weighted by Crippen LogP contribution is 2.38. The van der Waals surface area contributed by atoms with Crippen LogP contribution >= 0.6 is 0 Å². The zero-order valence-electron chi connectivity index (χ0n) is 14.7. The summed E-state index contributed by atoms with van der Waals surface area (Å²) in [5.74, 6) is 0.136. The first-order valence-corrected chi connectivity index (χ1v) is 8.98. The van der Waals surface area contributed by atoms with E-state index in [4.69, 9.17) is 0 Å². The number of Topliss-reactive ketones (excluding diaryl/α,β-unsaturated/α-hetero) is 2. The second-order valence-corrected chi connectivity index (χ2v) is 6.86. The highest BCUT2D eigenvalue weighted by atomic mass is 16.2. The molecule has 0 heterocycles. The van der Waals surface area contributed by atoms with Gasteiger partial charge >= 0.3 is 0 Å². The van der Waals surface area contributed by atoms with Gasteiger partial charge < -0.3 is 0 Å².